The number of amides is 2. The molecule has 2 amide bonds. The fourth-order valence-electron chi connectivity index (χ4n) is 2.93. The summed E-state index contributed by atoms with van der Waals surface area (Å²) in [6.07, 6.45) is 0.840. The first kappa shape index (κ1) is 23.9. The van der Waals surface area contributed by atoms with E-state index < -0.39 is 0 Å². The van der Waals surface area contributed by atoms with Crippen molar-refractivity contribution in [3.8, 4) is 0 Å². The van der Waals surface area contributed by atoms with Crippen molar-refractivity contribution >= 4 is 17.8 Å². The number of rotatable bonds is 10. The van der Waals surface area contributed by atoms with Crippen LogP contribution in [0.5, 0.6) is 0 Å². The third kappa shape index (κ3) is 8.86. The van der Waals surface area contributed by atoms with Gasteiger partial charge in [0.15, 0.2) is 5.96 Å². The second-order valence-corrected chi connectivity index (χ2v) is 6.87. The van der Waals surface area contributed by atoms with Gasteiger partial charge in [0, 0.05) is 38.8 Å². The van der Waals surface area contributed by atoms with Crippen molar-refractivity contribution in [2.24, 2.45) is 4.99 Å². The Hall–Kier alpha value is -3.42. The predicted octanol–water partition coefficient (Wildman–Crippen LogP) is 1.64. The molecule has 0 unspecified atom stereocenters. The van der Waals surface area contributed by atoms with E-state index in [-0.39, 0.29) is 24.1 Å². The summed E-state index contributed by atoms with van der Waals surface area (Å²) in [7, 11) is 1.61. The highest BCUT2D eigenvalue weighted by atomic mass is 19.1. The van der Waals surface area contributed by atoms with Crippen LogP contribution < -0.4 is 21.3 Å². The number of benzene rings is 2. The summed E-state index contributed by atoms with van der Waals surface area (Å²) in [6, 6.07) is 13.5. The second kappa shape index (κ2) is 13.0. The molecule has 2 aromatic carbocycles. The minimum atomic E-state index is -0.348. The minimum absolute atomic E-state index is 0.111. The average molecular weight is 428 g/mol. The molecule has 0 spiro atoms. The molecule has 0 aromatic heterocycles. The van der Waals surface area contributed by atoms with E-state index in [1.165, 1.54) is 12.1 Å². The van der Waals surface area contributed by atoms with Crippen molar-refractivity contribution in [3.63, 3.8) is 0 Å². The number of guanidine groups is 1. The van der Waals surface area contributed by atoms with Gasteiger partial charge in [-0.3, -0.25) is 14.6 Å². The summed E-state index contributed by atoms with van der Waals surface area (Å²) in [6.45, 7) is 4.17. The first-order chi connectivity index (χ1) is 15.0. The zero-order valence-electron chi connectivity index (χ0n) is 18.0. The lowest BCUT2D eigenvalue weighted by molar-refractivity contribution is -0.120. The molecule has 166 valence electrons. The summed E-state index contributed by atoms with van der Waals surface area (Å²) in [4.78, 5) is 28.3. The standard InChI is InChI=1S/C23H30FN5O2/c1-3-26-23(28-11-10-17-6-4-8-19(14-17)22(31)25-2)29-13-12-27-21(30)16-18-7-5-9-20(24)15-18/h4-9,14-15H,3,10-13,16H2,1-2H3,(H,25,31)(H,27,30)(H2,26,28,29). The van der Waals surface area contributed by atoms with Gasteiger partial charge in [-0.2, -0.15) is 0 Å². The smallest absolute Gasteiger partial charge is 0.251 e. The molecule has 31 heavy (non-hydrogen) atoms. The monoisotopic (exact) mass is 427 g/mol. The molecule has 0 bridgehead atoms. The summed E-state index contributed by atoms with van der Waals surface area (Å²) in [5.74, 6) is 0.0355. The Morgan fingerprint density at radius 1 is 0.968 bits per heavy atom. The fraction of sp³-hybridized carbons (Fsp3) is 0.348. The van der Waals surface area contributed by atoms with Crippen molar-refractivity contribution in [1.82, 2.24) is 21.3 Å². The number of carbonyl (C=O) groups excluding carboxylic acids is 2. The van der Waals surface area contributed by atoms with Gasteiger partial charge in [0.25, 0.3) is 5.91 Å². The maximum atomic E-state index is 13.2. The topological polar surface area (TPSA) is 94.6 Å². The lowest BCUT2D eigenvalue weighted by Crippen LogP contribution is -2.41. The van der Waals surface area contributed by atoms with Crippen LogP contribution in [-0.2, 0) is 17.6 Å². The van der Waals surface area contributed by atoms with E-state index in [0.29, 0.717) is 49.7 Å². The van der Waals surface area contributed by atoms with Gasteiger partial charge in [0.05, 0.1) is 6.42 Å². The van der Waals surface area contributed by atoms with E-state index in [0.717, 1.165) is 5.56 Å². The van der Waals surface area contributed by atoms with Crippen LogP contribution in [0.3, 0.4) is 0 Å². The number of nitrogens with zero attached hydrogens (tertiary/aromatic N) is 1. The van der Waals surface area contributed by atoms with Crippen molar-refractivity contribution < 1.29 is 14.0 Å². The molecular formula is C23H30FN5O2. The second-order valence-electron chi connectivity index (χ2n) is 6.87. The SMILES string of the molecule is CCNC(=NCCc1cccc(C(=O)NC)c1)NCCNC(=O)Cc1cccc(F)c1. The number of hydrogen-bond acceptors (Lipinski definition) is 3. The molecule has 2 aromatic rings. The highest BCUT2D eigenvalue weighted by Gasteiger charge is 2.05. The molecule has 4 N–H and O–H groups in total. The van der Waals surface area contributed by atoms with Gasteiger partial charge in [0.2, 0.25) is 5.91 Å². The first-order valence-electron chi connectivity index (χ1n) is 10.4. The Morgan fingerprint density at radius 3 is 2.45 bits per heavy atom. The predicted molar refractivity (Wildman–Crippen MR) is 121 cm³/mol. The molecule has 8 heteroatoms. The van der Waals surface area contributed by atoms with E-state index in [1.54, 1.807) is 25.2 Å². The third-order valence-corrected chi connectivity index (χ3v) is 4.42. The molecule has 0 fully saturated rings. The van der Waals surface area contributed by atoms with Crippen LogP contribution in [0.15, 0.2) is 53.5 Å². The Kier molecular flexibility index (Phi) is 10.0. The molecule has 0 heterocycles. The van der Waals surface area contributed by atoms with Crippen LogP contribution in [0.1, 0.15) is 28.4 Å². The Morgan fingerprint density at radius 2 is 1.71 bits per heavy atom. The number of hydrogen-bond donors (Lipinski definition) is 4. The van der Waals surface area contributed by atoms with Gasteiger partial charge in [-0.25, -0.2) is 4.39 Å². The highest BCUT2D eigenvalue weighted by molar-refractivity contribution is 5.94. The Bertz CT molecular complexity index is 901. The van der Waals surface area contributed by atoms with Crippen molar-refractivity contribution in [1.29, 1.82) is 0 Å². The molecule has 0 aliphatic rings. The number of nitrogens with one attached hydrogen (secondary N) is 4. The molecular weight excluding hydrogens is 397 g/mol. The summed E-state index contributed by atoms with van der Waals surface area (Å²) < 4.78 is 13.2. The first-order valence-corrected chi connectivity index (χ1v) is 10.4. The number of halogens is 1. The van der Waals surface area contributed by atoms with Crippen LogP contribution in [0, 0.1) is 5.82 Å². The summed E-state index contributed by atoms with van der Waals surface area (Å²) in [5.41, 5.74) is 2.30. The third-order valence-electron chi connectivity index (χ3n) is 4.42. The number of aliphatic imine (C=N–C) groups is 1. The van der Waals surface area contributed by atoms with Crippen LogP contribution in [0.2, 0.25) is 0 Å². The molecule has 0 aliphatic heterocycles. The molecule has 0 radical (unpaired) electrons. The van der Waals surface area contributed by atoms with Gasteiger partial charge < -0.3 is 21.3 Å². The van der Waals surface area contributed by atoms with Gasteiger partial charge in [-0.05, 0) is 48.7 Å². The molecule has 0 aliphatic carbocycles. The quantitative estimate of drug-likeness (QED) is 0.263. The van der Waals surface area contributed by atoms with E-state index in [4.69, 9.17) is 0 Å². The fourth-order valence-corrected chi connectivity index (χ4v) is 2.93. The lowest BCUT2D eigenvalue weighted by Gasteiger charge is -2.12. The highest BCUT2D eigenvalue weighted by Crippen LogP contribution is 2.06. The van der Waals surface area contributed by atoms with Crippen LogP contribution in [-0.4, -0.2) is 51.0 Å². The van der Waals surface area contributed by atoms with Gasteiger partial charge in [-0.1, -0.05) is 24.3 Å². The summed E-state index contributed by atoms with van der Waals surface area (Å²) in [5, 5.41) is 11.8. The normalized spacial score (nSPS) is 11.0. The van der Waals surface area contributed by atoms with Crippen LogP contribution in [0.25, 0.3) is 0 Å². The van der Waals surface area contributed by atoms with E-state index >= 15 is 0 Å². The molecule has 2 rings (SSSR count). The molecule has 7 nitrogen and oxygen atoms in total. The largest absolute Gasteiger partial charge is 0.357 e. The van der Waals surface area contributed by atoms with Crippen LogP contribution in [0.4, 0.5) is 4.39 Å². The van der Waals surface area contributed by atoms with E-state index in [2.05, 4.69) is 26.3 Å². The van der Waals surface area contributed by atoms with Crippen molar-refractivity contribution in [2.45, 2.75) is 19.8 Å². The van der Waals surface area contributed by atoms with Gasteiger partial charge >= 0.3 is 0 Å². The maximum absolute atomic E-state index is 13.2. The molecule has 0 saturated carbocycles. The van der Waals surface area contributed by atoms with Crippen molar-refractivity contribution in [3.05, 3.63) is 71.0 Å². The van der Waals surface area contributed by atoms with Crippen molar-refractivity contribution in [2.75, 3.05) is 33.2 Å². The van der Waals surface area contributed by atoms with E-state index in [1.807, 2.05) is 25.1 Å². The molecule has 0 atom stereocenters. The van der Waals surface area contributed by atoms with E-state index in [9.17, 15) is 14.0 Å². The van der Waals surface area contributed by atoms with Gasteiger partial charge in [-0.15, -0.1) is 0 Å². The summed E-state index contributed by atoms with van der Waals surface area (Å²) >= 11 is 0. The van der Waals surface area contributed by atoms with Crippen LogP contribution >= 0.6 is 0 Å². The lowest BCUT2D eigenvalue weighted by atomic mass is 10.1. The Labute approximate surface area is 182 Å². The molecule has 0 saturated heterocycles. The Balaban J connectivity index is 1.75. The maximum Gasteiger partial charge on any atom is 0.251 e. The zero-order chi connectivity index (χ0) is 22.5. The minimum Gasteiger partial charge on any atom is -0.357 e. The average Bonchev–Trinajstić information content (AvgIpc) is 2.76. The van der Waals surface area contributed by atoms with Gasteiger partial charge in [0.1, 0.15) is 5.82 Å². The number of carbonyl (C=O) groups is 2. The zero-order valence-corrected chi connectivity index (χ0v) is 18.0.